The molecule has 0 unspecified atom stereocenters. The lowest BCUT2D eigenvalue weighted by atomic mass is 10.1. The number of nitrogens with one attached hydrogen (secondary N) is 1. The number of aryl methyl sites for hydroxylation is 1. The van der Waals surface area contributed by atoms with Crippen LogP contribution in [0.4, 0.5) is 0 Å². The molecule has 0 aliphatic carbocycles. The summed E-state index contributed by atoms with van der Waals surface area (Å²) in [6.45, 7) is 5.13. The first kappa shape index (κ1) is 19.2. The van der Waals surface area contributed by atoms with Gasteiger partial charge in [0, 0.05) is 11.8 Å². The number of H-pyrrole nitrogens is 1. The zero-order valence-electron chi connectivity index (χ0n) is 14.9. The van der Waals surface area contributed by atoms with Gasteiger partial charge in [-0.2, -0.15) is 0 Å². The van der Waals surface area contributed by atoms with Gasteiger partial charge in [0.1, 0.15) is 24.4 Å². The summed E-state index contributed by atoms with van der Waals surface area (Å²) in [5.74, 6) is -0.710. The van der Waals surface area contributed by atoms with Crippen LogP contribution in [0.2, 0.25) is 0 Å². The minimum absolute atomic E-state index is 0.111. The molecule has 5 atom stereocenters. The Morgan fingerprint density at radius 3 is 2.77 bits per heavy atom. The van der Waals surface area contributed by atoms with Crippen molar-refractivity contribution in [3.05, 3.63) is 32.6 Å². The first-order chi connectivity index (χ1) is 12.2. The Morgan fingerprint density at radius 2 is 2.15 bits per heavy atom. The van der Waals surface area contributed by atoms with Crippen molar-refractivity contribution in [3.63, 3.8) is 0 Å². The molecular weight excluding hydrogens is 348 g/mol. The van der Waals surface area contributed by atoms with E-state index in [0.29, 0.717) is 12.2 Å². The van der Waals surface area contributed by atoms with Gasteiger partial charge >= 0.3 is 5.69 Å². The van der Waals surface area contributed by atoms with Crippen LogP contribution in [-0.2, 0) is 18.9 Å². The van der Waals surface area contributed by atoms with Crippen LogP contribution >= 0.6 is 0 Å². The number of aromatic nitrogens is 2. The molecule has 0 spiro atoms. The number of aliphatic hydroxyl groups excluding tert-OH is 2. The van der Waals surface area contributed by atoms with Crippen molar-refractivity contribution in [1.29, 1.82) is 0 Å². The summed E-state index contributed by atoms with van der Waals surface area (Å²) in [6.07, 6.45) is -2.99. The number of aliphatic hydroxyl groups is 2. The number of nitrogens with zero attached hydrogens (tertiary/aromatic N) is 1. The van der Waals surface area contributed by atoms with Crippen LogP contribution in [0.25, 0.3) is 0 Å². The van der Waals surface area contributed by atoms with E-state index in [1.165, 1.54) is 6.20 Å². The summed E-state index contributed by atoms with van der Waals surface area (Å²) in [5.41, 5.74) is -0.880. The van der Waals surface area contributed by atoms with Gasteiger partial charge in [-0.25, -0.2) is 4.79 Å². The van der Waals surface area contributed by atoms with Crippen molar-refractivity contribution in [1.82, 2.24) is 9.55 Å². The Balaban J connectivity index is 1.80. The minimum atomic E-state index is -1.15. The molecule has 0 amide bonds. The molecule has 3 heterocycles. The lowest BCUT2D eigenvalue weighted by Crippen LogP contribution is -2.41. The highest BCUT2D eigenvalue weighted by atomic mass is 16.7. The molecule has 10 heteroatoms. The second-order valence-corrected chi connectivity index (χ2v) is 6.97. The Hall–Kier alpha value is -1.56. The van der Waals surface area contributed by atoms with Crippen LogP contribution in [0, 0.1) is 6.92 Å². The van der Waals surface area contributed by atoms with E-state index in [-0.39, 0.29) is 12.7 Å². The van der Waals surface area contributed by atoms with Crippen molar-refractivity contribution < 1.29 is 29.2 Å². The van der Waals surface area contributed by atoms with Gasteiger partial charge in [-0.1, -0.05) is 0 Å². The highest BCUT2D eigenvalue weighted by Crippen LogP contribution is 2.32. The molecule has 3 rings (SSSR count). The van der Waals surface area contributed by atoms with Gasteiger partial charge in [-0.05, 0) is 20.8 Å². The second kappa shape index (κ2) is 7.22. The van der Waals surface area contributed by atoms with Crippen LogP contribution in [-0.4, -0.2) is 69.8 Å². The number of hydrogen-bond acceptors (Lipinski definition) is 8. The third-order valence-electron chi connectivity index (χ3n) is 4.45. The van der Waals surface area contributed by atoms with Gasteiger partial charge < -0.3 is 29.2 Å². The number of hydrogen-bond donors (Lipinski definition) is 3. The summed E-state index contributed by atoms with van der Waals surface area (Å²) in [5, 5.41) is 19.8. The smallest absolute Gasteiger partial charge is 0.330 e. The van der Waals surface area contributed by atoms with Gasteiger partial charge in [0.15, 0.2) is 12.0 Å². The zero-order valence-corrected chi connectivity index (χ0v) is 14.9. The Kier molecular flexibility index (Phi) is 5.33. The topological polar surface area (TPSA) is 132 Å². The third kappa shape index (κ3) is 3.75. The molecule has 10 nitrogen and oxygen atoms in total. The molecule has 2 aliphatic heterocycles. The van der Waals surface area contributed by atoms with Gasteiger partial charge in [-0.15, -0.1) is 0 Å². The molecule has 0 bridgehead atoms. The van der Waals surface area contributed by atoms with Crippen LogP contribution in [0.1, 0.15) is 25.6 Å². The van der Waals surface area contributed by atoms with E-state index in [0.717, 1.165) is 4.57 Å². The average Bonchev–Trinajstić information content (AvgIpc) is 3.08. The zero-order chi connectivity index (χ0) is 19.1. The summed E-state index contributed by atoms with van der Waals surface area (Å²) < 4.78 is 23.6. The second-order valence-electron chi connectivity index (χ2n) is 6.97. The maximum Gasteiger partial charge on any atom is 0.330 e. The Bertz CT molecular complexity index is 757. The fourth-order valence-corrected chi connectivity index (χ4v) is 3.11. The van der Waals surface area contributed by atoms with E-state index >= 15 is 0 Å². The third-order valence-corrected chi connectivity index (χ3v) is 4.45. The summed E-state index contributed by atoms with van der Waals surface area (Å²) in [7, 11) is 0. The van der Waals surface area contributed by atoms with Crippen LogP contribution < -0.4 is 11.2 Å². The molecule has 1 aromatic heterocycles. The summed E-state index contributed by atoms with van der Waals surface area (Å²) in [4.78, 5) is 25.9. The molecule has 2 fully saturated rings. The molecule has 0 aromatic carbocycles. The first-order valence-electron chi connectivity index (χ1n) is 8.41. The van der Waals surface area contributed by atoms with Gasteiger partial charge in [0.2, 0.25) is 0 Å². The van der Waals surface area contributed by atoms with Gasteiger partial charge in [0.05, 0.1) is 19.8 Å². The maximum atomic E-state index is 12.2. The number of aromatic amines is 1. The van der Waals surface area contributed by atoms with E-state index in [4.69, 9.17) is 18.9 Å². The van der Waals surface area contributed by atoms with Crippen molar-refractivity contribution in [3.8, 4) is 0 Å². The lowest BCUT2D eigenvalue weighted by molar-refractivity contribution is -0.154. The maximum absolute atomic E-state index is 12.2. The van der Waals surface area contributed by atoms with Gasteiger partial charge in [0.25, 0.3) is 5.56 Å². The molecular formula is C16H24N2O8. The molecule has 1 aromatic rings. The standard InChI is InChI=1S/C16H24N2O8/c1-8-4-18(15(22)17-13(8)21)14-12(11(20)10(5-19)25-14)23-6-9-7-24-16(2,3)26-9/h4,9-12,14,19-20H,5-7H2,1-3H3,(H,17,21,22)/t9-,10-,11-,12-,14-/m1/s1. The van der Waals surface area contributed by atoms with Crippen LogP contribution in [0.5, 0.6) is 0 Å². The van der Waals surface area contributed by atoms with E-state index < -0.39 is 48.2 Å². The predicted octanol–water partition coefficient (Wildman–Crippen LogP) is -1.37. The monoisotopic (exact) mass is 372 g/mol. The van der Waals surface area contributed by atoms with E-state index in [9.17, 15) is 19.8 Å². The average molecular weight is 372 g/mol. The highest BCUT2D eigenvalue weighted by molar-refractivity contribution is 5.03. The quantitative estimate of drug-likeness (QED) is 0.577. The van der Waals surface area contributed by atoms with E-state index in [1.54, 1.807) is 20.8 Å². The van der Waals surface area contributed by atoms with Crippen molar-refractivity contribution in [2.45, 2.75) is 57.2 Å². The molecule has 3 N–H and O–H groups in total. The van der Waals surface area contributed by atoms with Crippen molar-refractivity contribution in [2.75, 3.05) is 19.8 Å². The molecule has 0 saturated carbocycles. The van der Waals surface area contributed by atoms with Crippen LogP contribution in [0.3, 0.4) is 0 Å². The normalized spacial score (nSPS) is 33.7. The molecule has 2 aliphatic rings. The fourth-order valence-electron chi connectivity index (χ4n) is 3.11. The van der Waals surface area contributed by atoms with Crippen molar-refractivity contribution in [2.24, 2.45) is 0 Å². The van der Waals surface area contributed by atoms with E-state index in [1.807, 2.05) is 0 Å². The van der Waals surface area contributed by atoms with Gasteiger partial charge in [-0.3, -0.25) is 14.3 Å². The minimum Gasteiger partial charge on any atom is -0.394 e. The fraction of sp³-hybridized carbons (Fsp3) is 0.750. The number of rotatable bonds is 5. The molecule has 146 valence electrons. The molecule has 26 heavy (non-hydrogen) atoms. The Labute approximate surface area is 149 Å². The predicted molar refractivity (Wildman–Crippen MR) is 87.7 cm³/mol. The summed E-state index contributed by atoms with van der Waals surface area (Å²) in [6, 6.07) is 0. The lowest BCUT2D eigenvalue weighted by Gasteiger charge is -2.24. The Morgan fingerprint density at radius 1 is 1.42 bits per heavy atom. The molecule has 2 saturated heterocycles. The van der Waals surface area contributed by atoms with Crippen molar-refractivity contribution >= 4 is 0 Å². The largest absolute Gasteiger partial charge is 0.394 e. The molecule has 0 radical (unpaired) electrons. The summed E-state index contributed by atoms with van der Waals surface area (Å²) >= 11 is 0. The first-order valence-corrected chi connectivity index (χ1v) is 8.41. The van der Waals surface area contributed by atoms with Crippen LogP contribution in [0.15, 0.2) is 15.8 Å². The highest BCUT2D eigenvalue weighted by Gasteiger charge is 2.46. The number of ether oxygens (including phenoxy) is 4. The SMILES string of the molecule is Cc1cn([C@@H]2O[C@H](CO)[C@@H](O)[C@H]2OC[C@@H]2COC(C)(C)O2)c(=O)[nH]c1=O. The van der Waals surface area contributed by atoms with E-state index in [2.05, 4.69) is 4.98 Å².